The Morgan fingerprint density at radius 2 is 2.00 bits per heavy atom. The van der Waals surface area contributed by atoms with Gasteiger partial charge in [0.2, 0.25) is 0 Å². The van der Waals surface area contributed by atoms with Crippen LogP contribution in [0, 0.1) is 6.92 Å². The number of benzene rings is 2. The number of H-pyrrole nitrogens is 1. The molecular formula is C25H28FN3O3. The minimum absolute atomic E-state index is 0.0411. The highest BCUT2D eigenvalue weighted by Crippen LogP contribution is 2.38. The first-order chi connectivity index (χ1) is 15.4. The van der Waals surface area contributed by atoms with Crippen molar-refractivity contribution in [1.29, 1.82) is 0 Å². The summed E-state index contributed by atoms with van der Waals surface area (Å²) in [5.41, 5.74) is 4.67. The lowest BCUT2D eigenvalue weighted by Crippen LogP contribution is -2.51. The molecule has 2 aliphatic heterocycles. The molecular weight excluding hydrogens is 409 g/mol. The van der Waals surface area contributed by atoms with Crippen LogP contribution in [0.5, 0.6) is 5.75 Å². The summed E-state index contributed by atoms with van der Waals surface area (Å²) in [5, 5.41) is 10.4. The summed E-state index contributed by atoms with van der Waals surface area (Å²) in [6, 6.07) is 11.5. The summed E-state index contributed by atoms with van der Waals surface area (Å²) in [6.45, 7) is 4.69. The normalized spacial score (nSPS) is 24.0. The second-order valence-electron chi connectivity index (χ2n) is 8.95. The van der Waals surface area contributed by atoms with Gasteiger partial charge >= 0.3 is 5.97 Å². The predicted octanol–water partition coefficient (Wildman–Crippen LogP) is 4.15. The first-order valence-corrected chi connectivity index (χ1v) is 11.0. The largest absolute Gasteiger partial charge is 0.496 e. The lowest BCUT2D eigenvalue weighted by atomic mass is 9.96. The van der Waals surface area contributed by atoms with Crippen LogP contribution in [0.1, 0.15) is 39.5 Å². The SMILES string of the molecule is COc1cc(C)c2[nH]ccc2c1CN1C[C@@H]2C[C@H](F)CN2C[C@H]1c1ccc(C(=O)O)cc1. The molecule has 6 nitrogen and oxygen atoms in total. The topological polar surface area (TPSA) is 68.8 Å². The summed E-state index contributed by atoms with van der Waals surface area (Å²) < 4.78 is 20.0. The summed E-state index contributed by atoms with van der Waals surface area (Å²) in [4.78, 5) is 19.3. The van der Waals surface area contributed by atoms with Crippen LogP contribution in [-0.2, 0) is 6.54 Å². The number of alkyl halides is 1. The number of piperazine rings is 1. The van der Waals surface area contributed by atoms with E-state index < -0.39 is 12.1 Å². The molecule has 0 saturated carbocycles. The highest BCUT2D eigenvalue weighted by Gasteiger charge is 2.41. The Bertz CT molecular complexity index is 1140. The Hall–Kier alpha value is -2.90. The maximum Gasteiger partial charge on any atom is 0.335 e. The number of nitrogens with zero attached hydrogens (tertiary/aromatic N) is 2. The number of aryl methyl sites for hydroxylation is 1. The van der Waals surface area contributed by atoms with E-state index in [9.17, 15) is 14.3 Å². The molecule has 7 heteroatoms. The van der Waals surface area contributed by atoms with Crippen molar-refractivity contribution < 1.29 is 19.0 Å². The molecule has 1 aromatic heterocycles. The first-order valence-electron chi connectivity index (χ1n) is 11.0. The lowest BCUT2D eigenvalue weighted by Gasteiger charge is -2.44. The van der Waals surface area contributed by atoms with Crippen LogP contribution in [-0.4, -0.2) is 64.8 Å². The van der Waals surface area contributed by atoms with E-state index in [0.717, 1.165) is 46.4 Å². The molecule has 0 amide bonds. The zero-order valence-corrected chi connectivity index (χ0v) is 18.3. The molecule has 3 aromatic rings. The van der Waals surface area contributed by atoms with Crippen molar-refractivity contribution in [2.75, 3.05) is 26.7 Å². The van der Waals surface area contributed by atoms with Crippen LogP contribution in [0.25, 0.3) is 10.9 Å². The van der Waals surface area contributed by atoms with Crippen molar-refractivity contribution >= 4 is 16.9 Å². The molecule has 5 rings (SSSR count). The molecule has 2 fully saturated rings. The summed E-state index contributed by atoms with van der Waals surface area (Å²) in [6.07, 6.45) is 1.72. The molecule has 3 atom stereocenters. The van der Waals surface area contributed by atoms with Crippen molar-refractivity contribution in [3.8, 4) is 5.75 Å². The molecule has 0 radical (unpaired) electrons. The van der Waals surface area contributed by atoms with Crippen molar-refractivity contribution in [2.45, 2.75) is 38.1 Å². The Morgan fingerprint density at radius 1 is 1.22 bits per heavy atom. The van der Waals surface area contributed by atoms with E-state index in [1.165, 1.54) is 0 Å². The van der Waals surface area contributed by atoms with Gasteiger partial charge in [0.05, 0.1) is 12.7 Å². The number of hydrogen-bond acceptors (Lipinski definition) is 4. The van der Waals surface area contributed by atoms with Gasteiger partial charge in [0.15, 0.2) is 0 Å². The number of carbonyl (C=O) groups is 1. The first kappa shape index (κ1) is 21.0. The smallest absolute Gasteiger partial charge is 0.335 e. The number of ether oxygens (including phenoxy) is 1. The zero-order chi connectivity index (χ0) is 22.4. The van der Waals surface area contributed by atoms with Gasteiger partial charge in [0.1, 0.15) is 11.9 Å². The number of fused-ring (bicyclic) bond motifs is 2. The number of aromatic amines is 1. The average molecular weight is 438 g/mol. The molecule has 0 bridgehead atoms. The minimum Gasteiger partial charge on any atom is -0.496 e. The number of methoxy groups -OCH3 is 1. The van der Waals surface area contributed by atoms with Gasteiger partial charge in [0.25, 0.3) is 0 Å². The minimum atomic E-state index is -0.934. The fourth-order valence-electron chi connectivity index (χ4n) is 5.39. The number of nitrogens with one attached hydrogen (secondary N) is 1. The monoisotopic (exact) mass is 437 g/mol. The molecule has 0 unspecified atom stereocenters. The van der Waals surface area contributed by atoms with Gasteiger partial charge in [-0.3, -0.25) is 9.80 Å². The van der Waals surface area contributed by atoms with E-state index in [1.54, 1.807) is 19.2 Å². The van der Waals surface area contributed by atoms with E-state index in [2.05, 4.69) is 33.8 Å². The number of hydrogen-bond donors (Lipinski definition) is 2. The summed E-state index contributed by atoms with van der Waals surface area (Å²) >= 11 is 0. The van der Waals surface area contributed by atoms with Crippen LogP contribution in [0.4, 0.5) is 4.39 Å². The third kappa shape index (κ3) is 3.65. The van der Waals surface area contributed by atoms with E-state index in [0.29, 0.717) is 19.5 Å². The number of rotatable bonds is 5. The Labute approximate surface area is 186 Å². The van der Waals surface area contributed by atoms with Gasteiger partial charge in [-0.25, -0.2) is 9.18 Å². The molecule has 0 aliphatic carbocycles. The summed E-state index contributed by atoms with van der Waals surface area (Å²) in [7, 11) is 1.70. The second kappa shape index (κ2) is 8.22. The number of carboxylic acids is 1. The molecule has 32 heavy (non-hydrogen) atoms. The number of carboxylic acid groups (broad SMARTS) is 1. The number of halogens is 1. The van der Waals surface area contributed by atoms with Gasteiger partial charge < -0.3 is 14.8 Å². The molecule has 168 valence electrons. The predicted molar refractivity (Wildman–Crippen MR) is 121 cm³/mol. The third-order valence-electron chi connectivity index (χ3n) is 7.01. The highest BCUT2D eigenvalue weighted by atomic mass is 19.1. The van der Waals surface area contributed by atoms with E-state index in [-0.39, 0.29) is 17.6 Å². The fourth-order valence-corrected chi connectivity index (χ4v) is 5.39. The van der Waals surface area contributed by atoms with Crippen LogP contribution >= 0.6 is 0 Å². The van der Waals surface area contributed by atoms with Crippen LogP contribution in [0.3, 0.4) is 0 Å². The van der Waals surface area contributed by atoms with E-state index in [1.807, 2.05) is 18.3 Å². The lowest BCUT2D eigenvalue weighted by molar-refractivity contribution is 0.0441. The second-order valence-corrected chi connectivity index (χ2v) is 8.95. The Kier molecular flexibility index (Phi) is 5.39. The maximum absolute atomic E-state index is 14.2. The molecule has 3 heterocycles. The van der Waals surface area contributed by atoms with Crippen molar-refractivity contribution in [1.82, 2.24) is 14.8 Å². The van der Waals surface area contributed by atoms with Crippen LogP contribution < -0.4 is 4.74 Å². The zero-order valence-electron chi connectivity index (χ0n) is 18.3. The summed E-state index contributed by atoms with van der Waals surface area (Å²) in [5.74, 6) is -0.0806. The molecule has 2 saturated heterocycles. The fraction of sp³-hybridized carbons (Fsp3) is 0.400. The number of aromatic carboxylic acids is 1. The van der Waals surface area contributed by atoms with Crippen LogP contribution in [0.15, 0.2) is 42.6 Å². The van der Waals surface area contributed by atoms with E-state index >= 15 is 0 Å². The van der Waals surface area contributed by atoms with Gasteiger partial charge in [-0.2, -0.15) is 0 Å². The third-order valence-corrected chi connectivity index (χ3v) is 7.01. The van der Waals surface area contributed by atoms with E-state index in [4.69, 9.17) is 4.74 Å². The van der Waals surface area contributed by atoms with Gasteiger partial charge in [-0.05, 0) is 48.7 Å². The molecule has 2 N–H and O–H groups in total. The van der Waals surface area contributed by atoms with Gasteiger partial charge in [0, 0.05) is 60.9 Å². The Balaban J connectivity index is 1.52. The molecule has 2 aliphatic rings. The highest BCUT2D eigenvalue weighted by molar-refractivity contribution is 5.88. The van der Waals surface area contributed by atoms with Gasteiger partial charge in [-0.1, -0.05) is 12.1 Å². The molecule has 2 aromatic carbocycles. The van der Waals surface area contributed by atoms with Gasteiger partial charge in [-0.15, -0.1) is 0 Å². The standard InChI is InChI=1S/C25H28FN3O3/c1-15-9-23(32-2)21(20-7-8-27-24(15)20)13-29-12-19-10-18(26)11-28(19)14-22(29)16-3-5-17(6-4-16)25(30)31/h3-9,18-19,22,27H,10-14H2,1-2H3,(H,30,31)/t18-,19-,22-/m0/s1. The van der Waals surface area contributed by atoms with Crippen molar-refractivity contribution in [2.24, 2.45) is 0 Å². The maximum atomic E-state index is 14.2. The quantitative estimate of drug-likeness (QED) is 0.628. The Morgan fingerprint density at radius 3 is 2.72 bits per heavy atom. The molecule has 0 spiro atoms. The average Bonchev–Trinajstić information content (AvgIpc) is 3.41. The van der Waals surface area contributed by atoms with Crippen molar-refractivity contribution in [3.05, 3.63) is 64.8 Å². The van der Waals surface area contributed by atoms with Crippen molar-refractivity contribution in [3.63, 3.8) is 0 Å². The van der Waals surface area contributed by atoms with Crippen LogP contribution in [0.2, 0.25) is 0 Å². The number of aromatic nitrogens is 1.